The van der Waals surface area contributed by atoms with Gasteiger partial charge in [-0.25, -0.2) is 4.68 Å². The number of methoxy groups -OCH3 is 2. The van der Waals surface area contributed by atoms with Gasteiger partial charge in [0.25, 0.3) is 0 Å². The summed E-state index contributed by atoms with van der Waals surface area (Å²) in [6, 6.07) is 7.66. The second kappa shape index (κ2) is 6.46. The lowest BCUT2D eigenvalue weighted by atomic mass is 10.1. The summed E-state index contributed by atoms with van der Waals surface area (Å²) in [4.78, 5) is 8.39. The molecule has 0 spiro atoms. The van der Waals surface area contributed by atoms with Crippen LogP contribution in [0.2, 0.25) is 0 Å². The Balaban J connectivity index is 1.85. The summed E-state index contributed by atoms with van der Waals surface area (Å²) in [5.74, 6) is 0. The Kier molecular flexibility index (Phi) is 4.22. The predicted molar refractivity (Wildman–Crippen MR) is 81.3 cm³/mol. The molecule has 0 amide bonds. The van der Waals surface area contributed by atoms with Gasteiger partial charge in [-0.3, -0.25) is 9.97 Å². The first-order chi connectivity index (χ1) is 10.8. The van der Waals surface area contributed by atoms with Crippen molar-refractivity contribution >= 4 is 0 Å². The van der Waals surface area contributed by atoms with Gasteiger partial charge in [-0.1, -0.05) is 6.07 Å². The summed E-state index contributed by atoms with van der Waals surface area (Å²) in [6.45, 7) is 0. The Morgan fingerprint density at radius 2 is 1.73 bits per heavy atom. The molecule has 3 heterocycles. The molecule has 0 aromatic carbocycles. The van der Waals surface area contributed by atoms with Crippen LogP contribution in [0.1, 0.15) is 12.0 Å². The van der Waals surface area contributed by atoms with Crippen molar-refractivity contribution in [2.24, 2.45) is 0 Å². The molecule has 0 radical (unpaired) electrons. The van der Waals surface area contributed by atoms with Gasteiger partial charge < -0.3 is 9.47 Å². The Labute approximate surface area is 128 Å². The fraction of sp³-hybridized carbons (Fsp3) is 0.188. The summed E-state index contributed by atoms with van der Waals surface area (Å²) >= 11 is 0. The molecule has 0 fully saturated rings. The highest BCUT2D eigenvalue weighted by Gasteiger charge is 2.11. The molecular weight excluding hydrogens is 280 g/mol. The molecule has 0 saturated carbocycles. The van der Waals surface area contributed by atoms with Crippen molar-refractivity contribution in [2.75, 3.05) is 14.2 Å². The maximum Gasteiger partial charge on any atom is 0.200 e. The van der Waals surface area contributed by atoms with E-state index < -0.39 is 6.29 Å². The normalized spacial score (nSPS) is 11.0. The van der Waals surface area contributed by atoms with Gasteiger partial charge in [0.15, 0.2) is 0 Å². The molecule has 0 N–H and O–H groups in total. The molecule has 0 aliphatic rings. The molecule has 3 aromatic heterocycles. The molecule has 0 atom stereocenters. The molecule has 0 aliphatic heterocycles. The minimum Gasteiger partial charge on any atom is -0.350 e. The van der Waals surface area contributed by atoms with Crippen LogP contribution < -0.4 is 0 Å². The van der Waals surface area contributed by atoms with Crippen molar-refractivity contribution in [3.8, 4) is 16.8 Å². The van der Waals surface area contributed by atoms with E-state index in [-0.39, 0.29) is 0 Å². The molecular formula is C16H16N4O2. The van der Waals surface area contributed by atoms with Crippen molar-refractivity contribution in [1.29, 1.82) is 0 Å². The minimum absolute atomic E-state index is 0.450. The van der Waals surface area contributed by atoms with Crippen LogP contribution in [-0.2, 0) is 9.47 Å². The third kappa shape index (κ3) is 2.88. The number of ether oxygens (including phenoxy) is 2. The Morgan fingerprint density at radius 3 is 2.36 bits per heavy atom. The van der Waals surface area contributed by atoms with Crippen LogP contribution in [0.15, 0.2) is 55.2 Å². The maximum absolute atomic E-state index is 5.19. The van der Waals surface area contributed by atoms with E-state index in [1.165, 1.54) is 0 Å². The van der Waals surface area contributed by atoms with Crippen LogP contribution in [0.5, 0.6) is 0 Å². The predicted octanol–water partition coefficient (Wildman–Crippen LogP) is 2.62. The van der Waals surface area contributed by atoms with Gasteiger partial charge in [0.1, 0.15) is 0 Å². The van der Waals surface area contributed by atoms with Crippen LogP contribution in [0.4, 0.5) is 0 Å². The van der Waals surface area contributed by atoms with E-state index in [1.807, 2.05) is 30.5 Å². The molecule has 3 aromatic rings. The quantitative estimate of drug-likeness (QED) is 0.677. The lowest BCUT2D eigenvalue weighted by molar-refractivity contribution is -0.108. The molecule has 112 valence electrons. The Morgan fingerprint density at radius 1 is 0.955 bits per heavy atom. The molecule has 22 heavy (non-hydrogen) atoms. The molecule has 0 saturated heterocycles. The van der Waals surface area contributed by atoms with E-state index in [4.69, 9.17) is 9.47 Å². The van der Waals surface area contributed by atoms with Gasteiger partial charge >= 0.3 is 0 Å². The second-order valence-electron chi connectivity index (χ2n) is 4.65. The highest BCUT2D eigenvalue weighted by Crippen LogP contribution is 2.22. The third-order valence-corrected chi connectivity index (χ3v) is 3.30. The van der Waals surface area contributed by atoms with E-state index in [9.17, 15) is 0 Å². The lowest BCUT2D eigenvalue weighted by Gasteiger charge is -2.12. The number of pyridine rings is 2. The fourth-order valence-corrected chi connectivity index (χ4v) is 2.16. The average Bonchev–Trinajstić information content (AvgIpc) is 3.07. The molecule has 6 heteroatoms. The van der Waals surface area contributed by atoms with Crippen LogP contribution in [0.3, 0.4) is 0 Å². The van der Waals surface area contributed by atoms with Crippen molar-refractivity contribution < 1.29 is 9.47 Å². The van der Waals surface area contributed by atoms with Crippen molar-refractivity contribution in [1.82, 2.24) is 19.7 Å². The molecule has 3 rings (SSSR count). The molecule has 0 bridgehead atoms. The zero-order valence-electron chi connectivity index (χ0n) is 12.4. The van der Waals surface area contributed by atoms with E-state index in [1.54, 1.807) is 43.7 Å². The van der Waals surface area contributed by atoms with Gasteiger partial charge in [-0.2, -0.15) is 5.10 Å². The van der Waals surface area contributed by atoms with E-state index >= 15 is 0 Å². The van der Waals surface area contributed by atoms with Gasteiger partial charge in [0, 0.05) is 50.1 Å². The Bertz CT molecular complexity index is 721. The van der Waals surface area contributed by atoms with Crippen LogP contribution >= 0.6 is 0 Å². The maximum atomic E-state index is 5.19. The third-order valence-electron chi connectivity index (χ3n) is 3.30. The number of rotatable bonds is 5. The molecule has 0 unspecified atom stereocenters. The number of hydrogen-bond donors (Lipinski definition) is 0. The largest absolute Gasteiger partial charge is 0.350 e. The summed E-state index contributed by atoms with van der Waals surface area (Å²) in [7, 11) is 3.17. The smallest absolute Gasteiger partial charge is 0.200 e. The summed E-state index contributed by atoms with van der Waals surface area (Å²) < 4.78 is 12.2. The Hall–Kier alpha value is -2.57. The first-order valence-electron chi connectivity index (χ1n) is 6.79. The van der Waals surface area contributed by atoms with Gasteiger partial charge in [-0.15, -0.1) is 0 Å². The summed E-state index contributed by atoms with van der Waals surface area (Å²) in [5, 5.41) is 4.36. The topological polar surface area (TPSA) is 62.1 Å². The fourth-order valence-electron chi connectivity index (χ4n) is 2.16. The first kappa shape index (κ1) is 14.4. The average molecular weight is 296 g/mol. The molecule has 0 aliphatic carbocycles. The molecule has 6 nitrogen and oxygen atoms in total. The van der Waals surface area contributed by atoms with E-state index in [2.05, 4.69) is 15.1 Å². The first-order valence-corrected chi connectivity index (χ1v) is 6.79. The van der Waals surface area contributed by atoms with Crippen LogP contribution in [0, 0.1) is 0 Å². The van der Waals surface area contributed by atoms with Gasteiger partial charge in [0.05, 0.1) is 17.6 Å². The van der Waals surface area contributed by atoms with Gasteiger partial charge in [0.2, 0.25) is 6.29 Å². The lowest BCUT2D eigenvalue weighted by Crippen LogP contribution is -2.05. The summed E-state index contributed by atoms with van der Waals surface area (Å²) in [6.07, 6.45) is 8.57. The monoisotopic (exact) mass is 296 g/mol. The van der Waals surface area contributed by atoms with Crippen molar-refractivity contribution in [2.45, 2.75) is 6.29 Å². The number of hydrogen-bond acceptors (Lipinski definition) is 5. The summed E-state index contributed by atoms with van der Waals surface area (Å²) in [5.41, 5.74) is 3.66. The highest BCUT2D eigenvalue weighted by atomic mass is 16.7. The van der Waals surface area contributed by atoms with Crippen LogP contribution in [-0.4, -0.2) is 34.0 Å². The SMILES string of the molecule is COC(OC)c1ccc(-c2cnn(-c3ccncc3)c2)cn1. The minimum atomic E-state index is -0.450. The number of aromatic nitrogens is 4. The van der Waals surface area contributed by atoms with E-state index in [0.717, 1.165) is 22.5 Å². The van der Waals surface area contributed by atoms with Crippen molar-refractivity contribution in [3.63, 3.8) is 0 Å². The van der Waals surface area contributed by atoms with Crippen molar-refractivity contribution in [3.05, 3.63) is 60.9 Å². The second-order valence-corrected chi connectivity index (χ2v) is 4.65. The van der Waals surface area contributed by atoms with Gasteiger partial charge in [-0.05, 0) is 18.2 Å². The van der Waals surface area contributed by atoms with Crippen LogP contribution in [0.25, 0.3) is 16.8 Å². The zero-order chi connectivity index (χ0) is 15.4. The zero-order valence-corrected chi connectivity index (χ0v) is 12.4. The standard InChI is InChI=1S/C16H16N4O2/c1-21-16(22-2)15-4-3-12(9-18-15)13-10-19-20(11-13)14-5-7-17-8-6-14/h3-11,16H,1-2H3. The highest BCUT2D eigenvalue weighted by molar-refractivity contribution is 5.61. The van der Waals surface area contributed by atoms with E-state index in [0.29, 0.717) is 0 Å². The number of nitrogens with zero attached hydrogens (tertiary/aromatic N) is 4.